The fraction of sp³-hybridized carbons (Fsp3) is 0.333. The second-order valence-electron chi connectivity index (χ2n) is 7.98. The molecule has 1 aromatic carbocycles. The third kappa shape index (κ3) is 4.06. The number of carbonyl (C=O) groups excluding carboxylic acids is 2. The molecule has 30 heavy (non-hydrogen) atoms. The van der Waals surface area contributed by atoms with Crippen molar-refractivity contribution in [3.63, 3.8) is 0 Å². The van der Waals surface area contributed by atoms with Gasteiger partial charge in [-0.3, -0.25) is 15.1 Å². The van der Waals surface area contributed by atoms with Crippen LogP contribution in [0.1, 0.15) is 41.7 Å². The summed E-state index contributed by atoms with van der Waals surface area (Å²) >= 11 is 1.13. The highest BCUT2D eigenvalue weighted by Gasteiger charge is 2.30. The number of allylic oxidation sites excluding steroid dienone is 1. The number of aryl methyl sites for hydroxylation is 1. The van der Waals surface area contributed by atoms with Crippen LogP contribution in [0.5, 0.6) is 0 Å². The van der Waals surface area contributed by atoms with E-state index in [1.54, 1.807) is 33.8 Å². The highest BCUT2D eigenvalue weighted by atomic mass is 32.1. The van der Waals surface area contributed by atoms with Gasteiger partial charge < -0.3 is 15.0 Å². The van der Waals surface area contributed by atoms with Gasteiger partial charge in [-0.2, -0.15) is 0 Å². The number of nitrogens with one attached hydrogen (secondary N) is 2. The number of rotatable bonds is 3. The lowest BCUT2D eigenvalue weighted by molar-refractivity contribution is 0.0635. The molecule has 0 saturated heterocycles. The number of hydrogen-bond acceptors (Lipinski definition) is 8. The molecular weight excluding hydrogens is 402 g/mol. The Bertz CT molecular complexity index is 1080. The predicted octanol–water partition coefficient (Wildman–Crippen LogP) is 4.01. The van der Waals surface area contributed by atoms with E-state index in [0.717, 1.165) is 28.4 Å². The Balaban J connectivity index is 1.56. The lowest BCUT2D eigenvalue weighted by atomic mass is 10.1. The highest BCUT2D eigenvalue weighted by molar-refractivity contribution is 7.17. The van der Waals surface area contributed by atoms with E-state index in [4.69, 9.17) is 4.74 Å². The Kier molecular flexibility index (Phi) is 5.07. The molecule has 0 aliphatic carbocycles. The molecule has 1 amide bonds. The molecule has 3 heterocycles. The van der Waals surface area contributed by atoms with Crippen LogP contribution in [0.15, 0.2) is 41.2 Å². The van der Waals surface area contributed by atoms with Crippen LogP contribution >= 0.6 is 11.3 Å². The molecule has 9 heteroatoms. The van der Waals surface area contributed by atoms with Gasteiger partial charge in [-0.15, -0.1) is 0 Å². The molecule has 0 spiro atoms. The van der Waals surface area contributed by atoms with Gasteiger partial charge in [0.25, 0.3) is 0 Å². The molecule has 0 unspecified atom stereocenters. The molecular formula is C21H23N5O3S. The predicted molar refractivity (Wildman–Crippen MR) is 117 cm³/mol. The monoisotopic (exact) mass is 425 g/mol. The minimum Gasteiger partial charge on any atom is -0.444 e. The Morgan fingerprint density at radius 3 is 2.83 bits per heavy atom. The van der Waals surface area contributed by atoms with E-state index >= 15 is 0 Å². The number of aliphatic imine (C=N–C) groups is 1. The van der Waals surface area contributed by atoms with Gasteiger partial charge in [-0.05, 0) is 39.8 Å². The summed E-state index contributed by atoms with van der Waals surface area (Å²) in [4.78, 5) is 36.4. The first-order chi connectivity index (χ1) is 14.2. The summed E-state index contributed by atoms with van der Waals surface area (Å²) in [6.07, 6.45) is 0.964. The Morgan fingerprint density at radius 2 is 2.07 bits per heavy atom. The van der Waals surface area contributed by atoms with Crippen molar-refractivity contribution in [2.75, 3.05) is 23.7 Å². The zero-order chi connectivity index (χ0) is 21.5. The number of fused-ring (bicyclic) bond motifs is 3. The molecule has 2 aromatic rings. The largest absolute Gasteiger partial charge is 0.444 e. The average molecular weight is 426 g/mol. The lowest BCUT2D eigenvalue weighted by Gasteiger charge is -2.31. The standard InChI is InChI=1S/C21H23N5O3S/c1-12-17(30-19(23-12)25-20(28)29-21(2,3)4)15(27)11-16-24-14-8-6-5-7-13(14)18-22-9-10-26(16)18/h5-8,11,24H,9-10H2,1-4H3,(H,23,25,28). The summed E-state index contributed by atoms with van der Waals surface area (Å²) in [5.41, 5.74) is 1.89. The van der Waals surface area contributed by atoms with Gasteiger partial charge in [0.1, 0.15) is 17.3 Å². The Morgan fingerprint density at radius 1 is 1.30 bits per heavy atom. The van der Waals surface area contributed by atoms with Crippen molar-refractivity contribution >= 4 is 39.9 Å². The van der Waals surface area contributed by atoms with E-state index in [0.29, 0.717) is 34.6 Å². The molecule has 4 rings (SSSR count). The third-order valence-corrected chi connectivity index (χ3v) is 5.55. The molecule has 2 N–H and O–H groups in total. The third-order valence-electron chi connectivity index (χ3n) is 4.46. The number of anilines is 2. The number of thiazole rings is 1. The van der Waals surface area contributed by atoms with Crippen LogP contribution < -0.4 is 10.6 Å². The number of amidine groups is 1. The molecule has 2 aliphatic heterocycles. The number of aromatic nitrogens is 1. The molecule has 156 valence electrons. The second kappa shape index (κ2) is 7.56. The maximum absolute atomic E-state index is 13.0. The van der Waals surface area contributed by atoms with Crippen LogP contribution in [0.25, 0.3) is 0 Å². The highest BCUT2D eigenvalue weighted by Crippen LogP contribution is 2.31. The summed E-state index contributed by atoms with van der Waals surface area (Å²) in [5.74, 6) is 1.37. The van der Waals surface area contributed by atoms with Gasteiger partial charge in [-0.1, -0.05) is 23.5 Å². The van der Waals surface area contributed by atoms with Crippen molar-refractivity contribution in [3.05, 3.63) is 52.3 Å². The van der Waals surface area contributed by atoms with Crippen LogP contribution in [0, 0.1) is 6.92 Å². The smallest absolute Gasteiger partial charge is 0.413 e. The van der Waals surface area contributed by atoms with Crippen LogP contribution in [0.3, 0.4) is 0 Å². The van der Waals surface area contributed by atoms with E-state index < -0.39 is 11.7 Å². The molecule has 2 aliphatic rings. The zero-order valence-corrected chi connectivity index (χ0v) is 18.1. The summed E-state index contributed by atoms with van der Waals surface area (Å²) in [6.45, 7) is 8.49. The van der Waals surface area contributed by atoms with Gasteiger partial charge in [-0.25, -0.2) is 9.78 Å². The van der Waals surface area contributed by atoms with E-state index in [-0.39, 0.29) is 5.78 Å². The fourth-order valence-electron chi connectivity index (χ4n) is 3.28. The van der Waals surface area contributed by atoms with Crippen molar-refractivity contribution in [1.29, 1.82) is 0 Å². The van der Waals surface area contributed by atoms with Gasteiger partial charge in [0.05, 0.1) is 22.8 Å². The SMILES string of the molecule is Cc1nc(NC(=O)OC(C)(C)C)sc1C(=O)C=C1Nc2ccccc2C2=NCCN12. The van der Waals surface area contributed by atoms with E-state index in [1.165, 1.54) is 0 Å². The molecule has 0 atom stereocenters. The van der Waals surface area contributed by atoms with Gasteiger partial charge in [0.2, 0.25) is 5.78 Å². The maximum Gasteiger partial charge on any atom is 0.413 e. The van der Waals surface area contributed by atoms with Crippen molar-refractivity contribution in [3.8, 4) is 0 Å². The topological polar surface area (TPSA) is 95.9 Å². The van der Waals surface area contributed by atoms with Crippen LogP contribution in [-0.2, 0) is 4.74 Å². The minimum atomic E-state index is -0.614. The molecule has 0 radical (unpaired) electrons. The van der Waals surface area contributed by atoms with E-state index in [9.17, 15) is 9.59 Å². The van der Waals surface area contributed by atoms with Crippen LogP contribution in [0.4, 0.5) is 15.6 Å². The summed E-state index contributed by atoms with van der Waals surface area (Å²) in [6, 6.07) is 7.89. The second-order valence-corrected chi connectivity index (χ2v) is 8.98. The number of benzene rings is 1. The first-order valence-corrected chi connectivity index (χ1v) is 10.4. The number of carbonyl (C=O) groups is 2. The van der Waals surface area contributed by atoms with Crippen LogP contribution in [0.2, 0.25) is 0 Å². The number of ketones is 1. The van der Waals surface area contributed by atoms with Crippen molar-refractivity contribution < 1.29 is 14.3 Å². The normalized spacial score (nSPS) is 16.5. The van der Waals surface area contributed by atoms with Crippen LogP contribution in [-0.4, -0.2) is 46.3 Å². The number of amides is 1. The Labute approximate surface area is 178 Å². The van der Waals surface area contributed by atoms with Crippen molar-refractivity contribution in [1.82, 2.24) is 9.88 Å². The quantitative estimate of drug-likeness (QED) is 0.570. The van der Waals surface area contributed by atoms with Crippen molar-refractivity contribution in [2.45, 2.75) is 33.3 Å². The molecule has 8 nitrogen and oxygen atoms in total. The van der Waals surface area contributed by atoms with Gasteiger partial charge in [0, 0.05) is 18.2 Å². The van der Waals surface area contributed by atoms with E-state index in [2.05, 4.69) is 20.6 Å². The fourth-order valence-corrected chi connectivity index (χ4v) is 4.14. The molecule has 1 aromatic heterocycles. The molecule has 0 bridgehead atoms. The first kappa shape index (κ1) is 20.1. The summed E-state index contributed by atoms with van der Waals surface area (Å²) < 4.78 is 5.24. The molecule has 0 fully saturated rings. The minimum absolute atomic E-state index is 0.185. The van der Waals surface area contributed by atoms with Crippen molar-refractivity contribution in [2.24, 2.45) is 4.99 Å². The zero-order valence-electron chi connectivity index (χ0n) is 17.3. The average Bonchev–Trinajstić information content (AvgIpc) is 3.27. The summed E-state index contributed by atoms with van der Waals surface area (Å²) in [7, 11) is 0. The molecule has 0 saturated carbocycles. The number of para-hydroxylation sites is 1. The van der Waals surface area contributed by atoms with E-state index in [1.807, 2.05) is 29.2 Å². The Hall–Kier alpha value is -3.20. The first-order valence-electron chi connectivity index (χ1n) is 9.63. The number of hydrogen-bond donors (Lipinski definition) is 2. The number of nitrogens with zero attached hydrogens (tertiary/aromatic N) is 3. The lowest BCUT2D eigenvalue weighted by Crippen LogP contribution is -2.36. The van der Waals surface area contributed by atoms with Gasteiger partial charge >= 0.3 is 6.09 Å². The summed E-state index contributed by atoms with van der Waals surface area (Å²) in [5, 5.41) is 6.26. The van der Waals surface area contributed by atoms with Gasteiger partial charge in [0.15, 0.2) is 5.13 Å². The number of ether oxygens (including phenoxy) is 1. The maximum atomic E-state index is 13.0.